The Morgan fingerprint density at radius 1 is 0.696 bits per heavy atom. The van der Waals surface area contributed by atoms with Crippen molar-refractivity contribution in [3.8, 4) is 21.5 Å². The second-order valence-corrected chi connectivity index (χ2v) is 14.2. The third-order valence-corrected chi connectivity index (χ3v) is 10.3. The molecule has 1 aromatic heterocycles. The number of rotatable bonds is 22. The molecule has 0 saturated heterocycles. The van der Waals surface area contributed by atoms with E-state index < -0.39 is 41.0 Å². The molecule has 1 heterocycles. The fourth-order valence-electron chi connectivity index (χ4n) is 5.18. The van der Waals surface area contributed by atoms with Crippen LogP contribution in [0.2, 0.25) is 0 Å². The topological polar surface area (TPSA) is 61.8 Å². The summed E-state index contributed by atoms with van der Waals surface area (Å²) < 4.78 is 47.3. The number of ether oxygens (including phenoxy) is 3. The minimum atomic E-state index is -1.40. The molecular weight excluding hydrogens is 653 g/mol. The van der Waals surface area contributed by atoms with Gasteiger partial charge >= 0.3 is 215 Å². The van der Waals surface area contributed by atoms with Crippen molar-refractivity contribution in [2.75, 3.05) is 6.61 Å². The molecule has 0 aliphatic rings. The van der Waals surface area contributed by atoms with Crippen LogP contribution in [0, 0.1) is 11.6 Å². The molecule has 46 heavy (non-hydrogen) atoms. The molecule has 1 atom stereocenters. The van der Waals surface area contributed by atoms with Crippen LogP contribution in [-0.2, 0) is 4.74 Å². The van der Waals surface area contributed by atoms with Crippen molar-refractivity contribution in [2.24, 2.45) is 0 Å². The van der Waals surface area contributed by atoms with Crippen LogP contribution in [0.1, 0.15) is 137 Å². The number of hydrogen-bond acceptors (Lipinski definition) is 5. The molecule has 2 aromatic carbocycles. The molecule has 0 radical (unpaired) electrons. The summed E-state index contributed by atoms with van der Waals surface area (Å²) in [6, 6.07) is 13.4. The first kappa shape index (κ1) is 37.5. The Balaban J connectivity index is 1.44. The van der Waals surface area contributed by atoms with Crippen LogP contribution >= 0.6 is 0 Å². The van der Waals surface area contributed by atoms with Crippen molar-refractivity contribution >= 4 is 26.4 Å². The average molecular weight is 704 g/mol. The second kappa shape index (κ2) is 21.0. The van der Waals surface area contributed by atoms with E-state index in [1.54, 1.807) is 13.0 Å². The summed E-state index contributed by atoms with van der Waals surface area (Å²) >= 11 is -0.374. The second-order valence-electron chi connectivity index (χ2n) is 11.9. The van der Waals surface area contributed by atoms with Crippen molar-refractivity contribution < 1.29 is 32.6 Å². The zero-order valence-corrected chi connectivity index (χ0v) is 29.4. The number of carbonyl (C=O) groups is 2. The third-order valence-electron chi connectivity index (χ3n) is 7.95. The van der Waals surface area contributed by atoms with E-state index in [1.165, 1.54) is 57.8 Å². The number of carbonyl (C=O) groups excluding carboxylic acids is 2. The van der Waals surface area contributed by atoms with Crippen molar-refractivity contribution in [1.82, 2.24) is 0 Å². The number of halogens is 2. The molecule has 0 bridgehead atoms. The van der Waals surface area contributed by atoms with Crippen molar-refractivity contribution in [3.05, 3.63) is 70.2 Å². The van der Waals surface area contributed by atoms with Crippen LogP contribution in [-0.4, -0.2) is 39.2 Å². The molecule has 8 heteroatoms. The predicted molar refractivity (Wildman–Crippen MR) is 181 cm³/mol. The zero-order chi connectivity index (χ0) is 33.1. The Bertz CT molecular complexity index is 1340. The molecule has 1 unspecified atom stereocenters. The fourth-order valence-corrected chi connectivity index (χ4v) is 7.04. The first-order chi connectivity index (χ1) is 22.3. The Hall–Kier alpha value is -2.96. The van der Waals surface area contributed by atoms with E-state index in [-0.39, 0.29) is 14.5 Å². The van der Waals surface area contributed by atoms with Gasteiger partial charge in [-0.2, -0.15) is 0 Å². The van der Waals surface area contributed by atoms with Gasteiger partial charge in [0.1, 0.15) is 0 Å². The monoisotopic (exact) mass is 704 g/mol. The van der Waals surface area contributed by atoms with Crippen LogP contribution in [0.4, 0.5) is 8.78 Å². The molecule has 0 saturated carbocycles. The first-order valence-corrected chi connectivity index (χ1v) is 18.8. The van der Waals surface area contributed by atoms with Crippen LogP contribution in [0.5, 0.6) is 11.5 Å². The fraction of sp³-hybridized carbons (Fsp3) is 0.526. The van der Waals surface area contributed by atoms with Crippen LogP contribution in [0.25, 0.3) is 10.0 Å². The third kappa shape index (κ3) is 12.7. The van der Waals surface area contributed by atoms with Crippen LogP contribution < -0.4 is 9.47 Å². The minimum absolute atomic E-state index is 0.374. The molecule has 0 fully saturated rings. The molecule has 0 amide bonds. The van der Waals surface area contributed by atoms with Gasteiger partial charge in [0.2, 0.25) is 0 Å². The number of esters is 2. The molecule has 0 spiro atoms. The van der Waals surface area contributed by atoms with Crippen LogP contribution in [0.15, 0.2) is 48.5 Å². The standard InChI is InChI=1S/C38H50F2O5Se/c1-4-6-8-10-11-12-13-14-15-17-27-43-30-21-19-29(20-22-30)33-25-26-34(46-33)38(42)45-32-24-23-31(35(39)36(32)40)37(41)44-28(3)18-16-9-7-5-2/h19-26,28H,4-18,27H2,1-3H3. The van der Waals surface area contributed by atoms with E-state index in [2.05, 4.69) is 13.8 Å². The quantitative estimate of drug-likeness (QED) is 0.0451. The van der Waals surface area contributed by atoms with E-state index in [0.717, 1.165) is 60.0 Å². The molecule has 0 aliphatic heterocycles. The molecule has 252 valence electrons. The number of unbranched alkanes of at least 4 members (excludes halogenated alkanes) is 12. The van der Waals surface area contributed by atoms with Gasteiger partial charge in [0.05, 0.1) is 0 Å². The zero-order valence-electron chi connectivity index (χ0n) is 27.7. The van der Waals surface area contributed by atoms with Crippen LogP contribution in [0.3, 0.4) is 0 Å². The van der Waals surface area contributed by atoms with Gasteiger partial charge in [-0.15, -0.1) is 0 Å². The summed E-state index contributed by atoms with van der Waals surface area (Å²) in [7, 11) is 0. The molecule has 3 aromatic rings. The predicted octanol–water partition coefficient (Wildman–Crippen LogP) is 10.7. The normalized spacial score (nSPS) is 11.8. The summed E-state index contributed by atoms with van der Waals surface area (Å²) in [5, 5.41) is 0. The van der Waals surface area contributed by atoms with Crippen molar-refractivity contribution in [2.45, 2.75) is 123 Å². The SMILES string of the molecule is CCCCCCCCCCCCOc1ccc(-c2ccc(C(=O)Oc3ccc(C(=O)OC(C)CCCCCC)c(F)c3F)[se]2)cc1. The van der Waals surface area contributed by atoms with Gasteiger partial charge in [-0.05, 0) is 0 Å². The van der Waals surface area contributed by atoms with Gasteiger partial charge in [0.15, 0.2) is 0 Å². The molecule has 0 N–H and O–H groups in total. The van der Waals surface area contributed by atoms with E-state index in [1.807, 2.05) is 30.3 Å². The molecule has 5 nitrogen and oxygen atoms in total. The summed E-state index contributed by atoms with van der Waals surface area (Å²) in [5.41, 5.74) is 0.437. The van der Waals surface area contributed by atoms with E-state index in [9.17, 15) is 18.4 Å². The van der Waals surface area contributed by atoms with E-state index >= 15 is 0 Å². The summed E-state index contributed by atoms with van der Waals surface area (Å²) in [6.45, 7) is 6.78. The van der Waals surface area contributed by atoms with Gasteiger partial charge in [0, 0.05) is 0 Å². The average Bonchev–Trinajstić information content (AvgIpc) is 3.55. The Morgan fingerprint density at radius 2 is 1.30 bits per heavy atom. The summed E-state index contributed by atoms with van der Waals surface area (Å²) in [4.78, 5) is 25.2. The van der Waals surface area contributed by atoms with E-state index in [0.29, 0.717) is 17.5 Å². The van der Waals surface area contributed by atoms with Gasteiger partial charge in [0.25, 0.3) is 0 Å². The molecule has 0 aliphatic carbocycles. The Labute approximate surface area is 279 Å². The molecule has 3 rings (SSSR count). The van der Waals surface area contributed by atoms with Gasteiger partial charge in [-0.1, -0.05) is 65.2 Å². The van der Waals surface area contributed by atoms with Gasteiger partial charge in [-0.25, -0.2) is 0 Å². The summed E-state index contributed by atoms with van der Waals surface area (Å²) in [5.74, 6) is -4.25. The first-order valence-electron chi connectivity index (χ1n) is 17.1. The maximum absolute atomic E-state index is 14.8. The van der Waals surface area contributed by atoms with E-state index in [4.69, 9.17) is 14.2 Å². The maximum atomic E-state index is 14.8. The van der Waals surface area contributed by atoms with Gasteiger partial charge < -0.3 is 0 Å². The summed E-state index contributed by atoms with van der Waals surface area (Å²) in [6.07, 6.45) is 17.2. The Morgan fingerprint density at radius 3 is 1.96 bits per heavy atom. The van der Waals surface area contributed by atoms with Gasteiger partial charge in [-0.3, -0.25) is 0 Å². The van der Waals surface area contributed by atoms with Crippen molar-refractivity contribution in [1.29, 1.82) is 0 Å². The number of benzene rings is 2. The molecular formula is C38H50F2O5Se. The number of hydrogen-bond donors (Lipinski definition) is 0. The Kier molecular flexibility index (Phi) is 17.1. The van der Waals surface area contributed by atoms with Crippen molar-refractivity contribution in [3.63, 3.8) is 0 Å².